The summed E-state index contributed by atoms with van der Waals surface area (Å²) in [5.41, 5.74) is 0.663. The summed E-state index contributed by atoms with van der Waals surface area (Å²) in [7, 11) is 1.61. The molecule has 5 heteroatoms. The van der Waals surface area contributed by atoms with Crippen LogP contribution in [0.4, 0.5) is 0 Å². The summed E-state index contributed by atoms with van der Waals surface area (Å²) in [6.45, 7) is 6.76. The molecule has 0 spiro atoms. The first-order valence-electron chi connectivity index (χ1n) is 8.82. The number of hydrogen-bond acceptors (Lipinski definition) is 3. The van der Waals surface area contributed by atoms with Crippen molar-refractivity contribution in [2.24, 2.45) is 5.92 Å². The zero-order chi connectivity index (χ0) is 17.5. The lowest BCUT2D eigenvalue weighted by Crippen LogP contribution is -2.39. The number of carbonyl (C=O) groups is 2. The van der Waals surface area contributed by atoms with E-state index in [0.29, 0.717) is 25.2 Å². The first-order valence-corrected chi connectivity index (χ1v) is 8.82. The standard InChI is InChI=1S/C19H28N2O3/c1-4-15(5-2)18(22)20-11-6-12-21(14-13-20)19(23)16-7-9-17(24-3)10-8-16/h7-10,15H,4-6,11-14H2,1-3H3. The average Bonchev–Trinajstić information content (AvgIpc) is 2.88. The van der Waals surface area contributed by atoms with Gasteiger partial charge in [-0.1, -0.05) is 13.8 Å². The van der Waals surface area contributed by atoms with E-state index in [9.17, 15) is 9.59 Å². The van der Waals surface area contributed by atoms with Gasteiger partial charge in [-0.25, -0.2) is 0 Å². The van der Waals surface area contributed by atoms with E-state index in [1.807, 2.05) is 9.80 Å². The summed E-state index contributed by atoms with van der Waals surface area (Å²) in [4.78, 5) is 29.0. The van der Waals surface area contributed by atoms with Crippen LogP contribution in [0.3, 0.4) is 0 Å². The molecule has 0 N–H and O–H groups in total. The number of nitrogens with zero attached hydrogens (tertiary/aromatic N) is 2. The Labute approximate surface area is 144 Å². The van der Waals surface area contributed by atoms with Crippen LogP contribution in [0, 0.1) is 5.92 Å². The van der Waals surface area contributed by atoms with Gasteiger partial charge in [0.15, 0.2) is 0 Å². The molecular formula is C19H28N2O3. The smallest absolute Gasteiger partial charge is 0.253 e. The van der Waals surface area contributed by atoms with Crippen LogP contribution in [0.1, 0.15) is 43.5 Å². The van der Waals surface area contributed by atoms with Crippen LogP contribution < -0.4 is 4.74 Å². The summed E-state index contributed by atoms with van der Waals surface area (Å²) in [6.07, 6.45) is 2.58. The molecule has 2 amide bonds. The fraction of sp³-hybridized carbons (Fsp3) is 0.579. The highest BCUT2D eigenvalue weighted by Gasteiger charge is 2.25. The van der Waals surface area contributed by atoms with Crippen molar-refractivity contribution in [3.05, 3.63) is 29.8 Å². The summed E-state index contributed by atoms with van der Waals surface area (Å²) in [5, 5.41) is 0. The molecule has 1 fully saturated rings. The number of carbonyl (C=O) groups excluding carboxylic acids is 2. The molecule has 0 unspecified atom stereocenters. The van der Waals surface area contributed by atoms with E-state index in [0.717, 1.165) is 31.6 Å². The van der Waals surface area contributed by atoms with Crippen molar-refractivity contribution in [3.8, 4) is 5.75 Å². The topological polar surface area (TPSA) is 49.9 Å². The molecule has 1 heterocycles. The van der Waals surface area contributed by atoms with Crippen molar-refractivity contribution in [3.63, 3.8) is 0 Å². The second-order valence-corrected chi connectivity index (χ2v) is 6.21. The predicted molar refractivity (Wildman–Crippen MR) is 94.2 cm³/mol. The third kappa shape index (κ3) is 4.28. The lowest BCUT2D eigenvalue weighted by atomic mass is 10.0. The van der Waals surface area contributed by atoms with Crippen molar-refractivity contribution in [1.29, 1.82) is 0 Å². The number of ether oxygens (including phenoxy) is 1. The Balaban J connectivity index is 1.99. The molecule has 24 heavy (non-hydrogen) atoms. The molecule has 1 saturated heterocycles. The molecular weight excluding hydrogens is 304 g/mol. The van der Waals surface area contributed by atoms with Crippen LogP contribution in [0.25, 0.3) is 0 Å². The lowest BCUT2D eigenvalue weighted by Gasteiger charge is -2.25. The molecule has 132 valence electrons. The Morgan fingerprint density at radius 1 is 1.00 bits per heavy atom. The number of hydrogen-bond donors (Lipinski definition) is 0. The number of rotatable bonds is 5. The Morgan fingerprint density at radius 2 is 1.58 bits per heavy atom. The van der Waals surface area contributed by atoms with Crippen LogP contribution in [0.2, 0.25) is 0 Å². The van der Waals surface area contributed by atoms with Crippen LogP contribution in [0.15, 0.2) is 24.3 Å². The maximum atomic E-state index is 12.7. The first kappa shape index (κ1) is 18.3. The second-order valence-electron chi connectivity index (χ2n) is 6.21. The summed E-state index contributed by atoms with van der Waals surface area (Å²) >= 11 is 0. The van der Waals surface area contributed by atoms with Crippen molar-refractivity contribution in [2.75, 3.05) is 33.3 Å². The van der Waals surface area contributed by atoms with Gasteiger partial charge in [0.2, 0.25) is 5.91 Å². The van der Waals surface area contributed by atoms with Crippen molar-refractivity contribution in [2.45, 2.75) is 33.1 Å². The summed E-state index contributed by atoms with van der Waals surface area (Å²) in [5.74, 6) is 1.10. The molecule has 0 radical (unpaired) electrons. The van der Waals surface area contributed by atoms with Crippen molar-refractivity contribution < 1.29 is 14.3 Å². The molecule has 0 saturated carbocycles. The third-order valence-electron chi connectivity index (χ3n) is 4.77. The molecule has 1 aromatic rings. The lowest BCUT2D eigenvalue weighted by molar-refractivity contribution is -0.135. The maximum absolute atomic E-state index is 12.7. The van der Waals surface area contributed by atoms with Crippen LogP contribution >= 0.6 is 0 Å². The van der Waals surface area contributed by atoms with E-state index >= 15 is 0 Å². The highest BCUT2D eigenvalue weighted by Crippen LogP contribution is 2.17. The van der Waals surface area contributed by atoms with E-state index in [1.165, 1.54) is 0 Å². The molecule has 0 aromatic heterocycles. The van der Waals surface area contributed by atoms with Gasteiger partial charge in [-0.3, -0.25) is 9.59 Å². The molecule has 2 rings (SSSR count). The quantitative estimate of drug-likeness (QED) is 0.833. The summed E-state index contributed by atoms with van der Waals surface area (Å²) in [6, 6.07) is 7.18. The molecule has 1 aliphatic rings. The highest BCUT2D eigenvalue weighted by molar-refractivity contribution is 5.94. The van der Waals surface area contributed by atoms with Gasteiger partial charge in [-0.05, 0) is 43.5 Å². The van der Waals surface area contributed by atoms with E-state index < -0.39 is 0 Å². The van der Waals surface area contributed by atoms with Gasteiger partial charge in [0.25, 0.3) is 5.91 Å². The van der Waals surface area contributed by atoms with Crippen molar-refractivity contribution >= 4 is 11.8 Å². The minimum Gasteiger partial charge on any atom is -0.497 e. The van der Waals surface area contributed by atoms with Gasteiger partial charge in [-0.2, -0.15) is 0 Å². The number of benzene rings is 1. The molecule has 1 aliphatic heterocycles. The largest absolute Gasteiger partial charge is 0.497 e. The van der Waals surface area contributed by atoms with Gasteiger partial charge in [0, 0.05) is 37.7 Å². The SMILES string of the molecule is CCC(CC)C(=O)N1CCCN(C(=O)c2ccc(OC)cc2)CC1. The van der Waals surface area contributed by atoms with Gasteiger partial charge < -0.3 is 14.5 Å². The van der Waals surface area contributed by atoms with Gasteiger partial charge in [-0.15, -0.1) is 0 Å². The minimum atomic E-state index is 0.0227. The maximum Gasteiger partial charge on any atom is 0.253 e. The first-order chi connectivity index (χ1) is 11.6. The third-order valence-corrected chi connectivity index (χ3v) is 4.77. The fourth-order valence-electron chi connectivity index (χ4n) is 3.15. The van der Waals surface area contributed by atoms with Gasteiger partial charge in [0.1, 0.15) is 5.75 Å². The van der Waals surface area contributed by atoms with Gasteiger partial charge >= 0.3 is 0 Å². The molecule has 0 aliphatic carbocycles. The highest BCUT2D eigenvalue weighted by atomic mass is 16.5. The number of amides is 2. The monoisotopic (exact) mass is 332 g/mol. The Morgan fingerprint density at radius 3 is 2.17 bits per heavy atom. The van der Waals surface area contributed by atoms with E-state index in [2.05, 4.69) is 13.8 Å². The van der Waals surface area contributed by atoms with Crippen LogP contribution in [0.5, 0.6) is 5.75 Å². The normalized spacial score (nSPS) is 15.3. The van der Waals surface area contributed by atoms with Crippen molar-refractivity contribution in [1.82, 2.24) is 9.80 Å². The van der Waals surface area contributed by atoms with Crippen LogP contribution in [-0.4, -0.2) is 54.9 Å². The van der Waals surface area contributed by atoms with E-state index in [1.54, 1.807) is 31.4 Å². The average molecular weight is 332 g/mol. The molecule has 1 aromatic carbocycles. The molecule has 0 bridgehead atoms. The predicted octanol–water partition coefficient (Wildman–Crippen LogP) is 2.81. The van der Waals surface area contributed by atoms with Gasteiger partial charge in [0.05, 0.1) is 7.11 Å². The van der Waals surface area contributed by atoms with E-state index in [4.69, 9.17) is 4.74 Å². The Hall–Kier alpha value is -2.04. The van der Waals surface area contributed by atoms with E-state index in [-0.39, 0.29) is 17.7 Å². The second kappa shape index (κ2) is 8.71. The molecule has 5 nitrogen and oxygen atoms in total. The summed E-state index contributed by atoms with van der Waals surface area (Å²) < 4.78 is 5.13. The zero-order valence-electron chi connectivity index (χ0n) is 15.0. The van der Waals surface area contributed by atoms with Crippen LogP contribution in [-0.2, 0) is 4.79 Å². The Bertz CT molecular complexity index is 552. The minimum absolute atomic E-state index is 0.0227. The molecule has 0 atom stereocenters. The zero-order valence-corrected chi connectivity index (χ0v) is 15.0. The fourth-order valence-corrected chi connectivity index (χ4v) is 3.15. The Kier molecular flexibility index (Phi) is 6.64. The number of methoxy groups -OCH3 is 1.